The van der Waals surface area contributed by atoms with Crippen molar-refractivity contribution in [1.82, 2.24) is 0 Å². The largest absolute Gasteiger partial charge is 0.489 e. The second-order valence-corrected chi connectivity index (χ2v) is 5.17. The number of carboxylic acids is 1. The standard InChI is InChI=1S/C15H16O4S/c1-18-8-6-11-2-4-13(5-3-11)19-10-12-7-9-20-14(12)15(16)17/h2-5,7,9H,6,8,10H2,1H3,(H,16,17). The number of hydrogen-bond acceptors (Lipinski definition) is 4. The molecule has 0 saturated carbocycles. The highest BCUT2D eigenvalue weighted by Crippen LogP contribution is 2.20. The number of carbonyl (C=O) groups is 1. The van der Waals surface area contributed by atoms with Gasteiger partial charge in [0.2, 0.25) is 0 Å². The highest BCUT2D eigenvalue weighted by atomic mass is 32.1. The molecule has 2 rings (SSSR count). The molecule has 2 aromatic rings. The van der Waals surface area contributed by atoms with Crippen LogP contribution in [0.1, 0.15) is 20.8 Å². The predicted molar refractivity (Wildman–Crippen MR) is 77.6 cm³/mol. The van der Waals surface area contributed by atoms with E-state index in [9.17, 15) is 4.79 Å². The van der Waals surface area contributed by atoms with Crippen molar-refractivity contribution in [3.8, 4) is 5.75 Å². The zero-order valence-corrected chi connectivity index (χ0v) is 12.0. The van der Waals surface area contributed by atoms with Crippen LogP contribution in [0.15, 0.2) is 35.7 Å². The van der Waals surface area contributed by atoms with Gasteiger partial charge in [-0.05, 0) is 35.6 Å². The summed E-state index contributed by atoms with van der Waals surface area (Å²) in [7, 11) is 1.68. The fraction of sp³-hybridized carbons (Fsp3) is 0.267. The van der Waals surface area contributed by atoms with Gasteiger partial charge < -0.3 is 14.6 Å². The zero-order chi connectivity index (χ0) is 14.4. The number of methoxy groups -OCH3 is 1. The molecule has 0 amide bonds. The molecule has 1 aromatic heterocycles. The number of ether oxygens (including phenoxy) is 2. The van der Waals surface area contributed by atoms with Gasteiger partial charge in [0.15, 0.2) is 0 Å². The van der Waals surface area contributed by atoms with Gasteiger partial charge in [-0.3, -0.25) is 0 Å². The first-order valence-electron chi connectivity index (χ1n) is 6.21. The van der Waals surface area contributed by atoms with Crippen LogP contribution in [0.25, 0.3) is 0 Å². The predicted octanol–water partition coefficient (Wildman–Crippen LogP) is 3.21. The van der Waals surface area contributed by atoms with Crippen LogP contribution in [0.3, 0.4) is 0 Å². The first-order valence-corrected chi connectivity index (χ1v) is 7.09. The van der Waals surface area contributed by atoms with Gasteiger partial charge in [-0.1, -0.05) is 12.1 Å². The molecule has 106 valence electrons. The summed E-state index contributed by atoms with van der Waals surface area (Å²) >= 11 is 1.21. The molecule has 0 aliphatic carbocycles. The molecule has 0 spiro atoms. The fourth-order valence-corrected chi connectivity index (χ4v) is 2.52. The minimum Gasteiger partial charge on any atom is -0.489 e. The molecule has 0 aliphatic rings. The highest BCUT2D eigenvalue weighted by molar-refractivity contribution is 7.12. The lowest BCUT2D eigenvalue weighted by Crippen LogP contribution is -2.02. The second-order valence-electron chi connectivity index (χ2n) is 4.26. The van der Waals surface area contributed by atoms with Crippen LogP contribution < -0.4 is 4.74 Å². The molecule has 1 heterocycles. The number of benzene rings is 1. The van der Waals surface area contributed by atoms with E-state index in [1.807, 2.05) is 24.3 Å². The van der Waals surface area contributed by atoms with Gasteiger partial charge in [0, 0.05) is 12.7 Å². The van der Waals surface area contributed by atoms with Crippen molar-refractivity contribution in [1.29, 1.82) is 0 Å². The van der Waals surface area contributed by atoms with Crippen LogP contribution in [-0.2, 0) is 17.8 Å². The third-order valence-electron chi connectivity index (χ3n) is 2.85. The van der Waals surface area contributed by atoms with Crippen molar-refractivity contribution in [2.75, 3.05) is 13.7 Å². The third kappa shape index (κ3) is 3.82. The van der Waals surface area contributed by atoms with Crippen LogP contribution >= 0.6 is 11.3 Å². The zero-order valence-electron chi connectivity index (χ0n) is 11.2. The Balaban J connectivity index is 1.93. The fourth-order valence-electron chi connectivity index (χ4n) is 1.77. The van der Waals surface area contributed by atoms with Gasteiger partial charge in [-0.2, -0.15) is 0 Å². The molecule has 0 saturated heterocycles. The van der Waals surface area contributed by atoms with Crippen molar-refractivity contribution in [2.24, 2.45) is 0 Å². The summed E-state index contributed by atoms with van der Waals surface area (Å²) in [5.74, 6) is -0.179. The molecular weight excluding hydrogens is 276 g/mol. The van der Waals surface area contributed by atoms with Gasteiger partial charge in [0.25, 0.3) is 0 Å². The first kappa shape index (κ1) is 14.6. The minimum absolute atomic E-state index is 0.266. The average Bonchev–Trinajstić information content (AvgIpc) is 2.92. The molecule has 1 aromatic carbocycles. The maximum absolute atomic E-state index is 11.0. The number of thiophene rings is 1. The SMILES string of the molecule is COCCc1ccc(OCc2ccsc2C(=O)O)cc1. The summed E-state index contributed by atoms with van der Waals surface area (Å²) in [6, 6.07) is 9.52. The third-order valence-corrected chi connectivity index (χ3v) is 3.80. The molecular formula is C15H16O4S. The summed E-state index contributed by atoms with van der Waals surface area (Å²) in [5, 5.41) is 10.8. The molecule has 0 bridgehead atoms. The van der Waals surface area contributed by atoms with Gasteiger partial charge in [0.05, 0.1) is 6.61 Å². The van der Waals surface area contributed by atoms with Crippen molar-refractivity contribution in [3.05, 3.63) is 51.7 Å². The van der Waals surface area contributed by atoms with Crippen LogP contribution in [-0.4, -0.2) is 24.8 Å². The van der Waals surface area contributed by atoms with E-state index < -0.39 is 5.97 Å². The van der Waals surface area contributed by atoms with Crippen LogP contribution in [0.5, 0.6) is 5.75 Å². The van der Waals surface area contributed by atoms with E-state index in [2.05, 4.69) is 0 Å². The van der Waals surface area contributed by atoms with Gasteiger partial charge in [0.1, 0.15) is 17.2 Å². The van der Waals surface area contributed by atoms with Crippen molar-refractivity contribution in [2.45, 2.75) is 13.0 Å². The Morgan fingerprint density at radius 2 is 2.00 bits per heavy atom. The first-order chi connectivity index (χ1) is 9.70. The molecule has 0 aliphatic heterocycles. The van der Waals surface area contributed by atoms with Crippen molar-refractivity contribution >= 4 is 17.3 Å². The highest BCUT2D eigenvalue weighted by Gasteiger charge is 2.11. The number of rotatable bonds is 7. The Morgan fingerprint density at radius 3 is 2.65 bits per heavy atom. The maximum Gasteiger partial charge on any atom is 0.346 e. The molecule has 1 N–H and O–H groups in total. The normalized spacial score (nSPS) is 10.4. The van der Waals surface area contributed by atoms with Gasteiger partial charge >= 0.3 is 5.97 Å². The van der Waals surface area contributed by atoms with E-state index in [0.717, 1.165) is 12.2 Å². The van der Waals surface area contributed by atoms with E-state index in [0.29, 0.717) is 17.0 Å². The molecule has 4 nitrogen and oxygen atoms in total. The molecule has 5 heteroatoms. The van der Waals surface area contributed by atoms with Crippen LogP contribution in [0.4, 0.5) is 0 Å². The molecule has 0 atom stereocenters. The Labute approximate surface area is 121 Å². The van der Waals surface area contributed by atoms with E-state index in [1.165, 1.54) is 16.9 Å². The Bertz CT molecular complexity index is 560. The van der Waals surface area contributed by atoms with E-state index >= 15 is 0 Å². The molecule has 20 heavy (non-hydrogen) atoms. The summed E-state index contributed by atoms with van der Waals surface area (Å²) in [6.45, 7) is 0.958. The Hall–Kier alpha value is -1.85. The minimum atomic E-state index is -0.909. The van der Waals surface area contributed by atoms with Crippen molar-refractivity contribution < 1.29 is 19.4 Å². The van der Waals surface area contributed by atoms with E-state index in [-0.39, 0.29) is 6.61 Å². The molecule has 0 unspecified atom stereocenters. The van der Waals surface area contributed by atoms with Crippen LogP contribution in [0, 0.1) is 0 Å². The summed E-state index contributed by atoms with van der Waals surface area (Å²) < 4.78 is 10.6. The van der Waals surface area contributed by atoms with E-state index in [4.69, 9.17) is 14.6 Å². The number of carboxylic acid groups (broad SMARTS) is 1. The topological polar surface area (TPSA) is 55.8 Å². The molecule has 0 fully saturated rings. The lowest BCUT2D eigenvalue weighted by atomic mass is 10.1. The number of aromatic carboxylic acids is 1. The summed E-state index contributed by atoms with van der Waals surface area (Å²) in [5.41, 5.74) is 1.88. The molecule has 0 radical (unpaired) electrons. The maximum atomic E-state index is 11.0. The average molecular weight is 292 g/mol. The smallest absolute Gasteiger partial charge is 0.346 e. The van der Waals surface area contributed by atoms with E-state index in [1.54, 1.807) is 18.6 Å². The Kier molecular flexibility index (Phi) is 5.15. The summed E-state index contributed by atoms with van der Waals surface area (Å²) in [4.78, 5) is 11.3. The second kappa shape index (κ2) is 7.07. The van der Waals surface area contributed by atoms with Crippen molar-refractivity contribution in [3.63, 3.8) is 0 Å². The van der Waals surface area contributed by atoms with Crippen LogP contribution in [0.2, 0.25) is 0 Å². The number of hydrogen-bond donors (Lipinski definition) is 1. The Morgan fingerprint density at radius 1 is 1.25 bits per heavy atom. The van der Waals surface area contributed by atoms with Gasteiger partial charge in [-0.15, -0.1) is 11.3 Å². The summed E-state index contributed by atoms with van der Waals surface area (Å²) in [6.07, 6.45) is 0.866. The lowest BCUT2D eigenvalue weighted by molar-refractivity contribution is 0.0699. The monoisotopic (exact) mass is 292 g/mol. The quantitative estimate of drug-likeness (QED) is 0.851. The van der Waals surface area contributed by atoms with Gasteiger partial charge in [-0.25, -0.2) is 4.79 Å². The lowest BCUT2D eigenvalue weighted by Gasteiger charge is -2.07.